The Balaban J connectivity index is 1.37. The molecular weight excluding hydrogens is 450 g/mol. The minimum Gasteiger partial charge on any atom is -0.509 e. The third-order valence-corrected chi connectivity index (χ3v) is 6.45. The number of nitrogens with zero attached hydrogens (tertiary/aromatic N) is 2. The molecule has 2 aliphatic rings. The molecule has 2 aliphatic heterocycles. The number of hydrogen-bond acceptors (Lipinski definition) is 8. The van der Waals surface area contributed by atoms with Crippen LogP contribution in [0.2, 0.25) is 0 Å². The molecular formula is C22H19N3O7S. The molecule has 0 spiro atoms. The Hall–Kier alpha value is -3.86. The minimum atomic E-state index is -0.890. The maximum Gasteiger partial charge on any atom is 0.358 e. The van der Waals surface area contributed by atoms with Gasteiger partial charge in [0.05, 0.1) is 17.1 Å². The second kappa shape index (κ2) is 9.33. The molecule has 0 aromatic heterocycles. The van der Waals surface area contributed by atoms with Gasteiger partial charge in [-0.3, -0.25) is 24.6 Å². The number of non-ortho nitro benzene ring substituents is 1. The molecule has 0 aliphatic carbocycles. The molecule has 1 fully saturated rings. The number of carbonyl (C=O) groups excluding carboxylic acids is 3. The lowest BCUT2D eigenvalue weighted by Gasteiger charge is -2.48. The van der Waals surface area contributed by atoms with Gasteiger partial charge in [-0.1, -0.05) is 30.3 Å². The third-order valence-electron chi connectivity index (χ3n) is 5.18. The fourth-order valence-corrected chi connectivity index (χ4v) is 4.73. The Bertz CT molecular complexity index is 1130. The average molecular weight is 469 g/mol. The van der Waals surface area contributed by atoms with Gasteiger partial charge in [-0.15, -0.1) is 11.8 Å². The summed E-state index contributed by atoms with van der Waals surface area (Å²) in [5.41, 5.74) is 0.975. The molecule has 2 unspecified atom stereocenters. The molecule has 2 heterocycles. The standard InChI is InChI=1S/C22H19N3O7S/c26-16-12-33-21-18(23-17(27)10-13-4-2-1-3-5-13)20(28)24(21)19(16)22(29)32-11-14-6-8-15(9-7-14)25(30)31/h1-9,18,21,26H,10-12H2,(H,23,27). The molecule has 10 nitrogen and oxygen atoms in total. The topological polar surface area (TPSA) is 139 Å². The molecule has 0 bridgehead atoms. The van der Waals surface area contributed by atoms with Gasteiger partial charge in [0.15, 0.2) is 5.70 Å². The SMILES string of the molecule is O=C(Cc1ccccc1)NC1C(=O)N2C(C(=O)OCc3ccc([N+](=O)[O-])cc3)=C(O)CSC12. The summed E-state index contributed by atoms with van der Waals surface area (Å²) in [4.78, 5) is 49.0. The van der Waals surface area contributed by atoms with Gasteiger partial charge in [-0.2, -0.15) is 0 Å². The summed E-state index contributed by atoms with van der Waals surface area (Å²) >= 11 is 1.23. The Morgan fingerprint density at radius 3 is 2.52 bits per heavy atom. The van der Waals surface area contributed by atoms with Crippen LogP contribution in [-0.4, -0.2) is 49.9 Å². The number of β-lactam (4-membered cyclic amide) rings is 1. The van der Waals surface area contributed by atoms with E-state index in [9.17, 15) is 29.6 Å². The quantitative estimate of drug-likeness (QED) is 0.272. The van der Waals surface area contributed by atoms with Gasteiger partial charge >= 0.3 is 5.97 Å². The van der Waals surface area contributed by atoms with Crippen LogP contribution in [0.4, 0.5) is 5.69 Å². The van der Waals surface area contributed by atoms with E-state index in [1.807, 2.05) is 30.3 Å². The van der Waals surface area contributed by atoms with E-state index in [2.05, 4.69) is 5.32 Å². The van der Waals surface area contributed by atoms with Crippen LogP contribution in [0.15, 0.2) is 66.1 Å². The number of ether oxygens (including phenoxy) is 1. The predicted octanol–water partition coefficient (Wildman–Crippen LogP) is 2.05. The molecule has 2 amide bonds. The Morgan fingerprint density at radius 2 is 1.85 bits per heavy atom. The van der Waals surface area contributed by atoms with Gasteiger partial charge in [0.2, 0.25) is 5.91 Å². The maximum absolute atomic E-state index is 12.7. The number of esters is 1. The number of hydrogen-bond donors (Lipinski definition) is 2. The molecule has 170 valence electrons. The van der Waals surface area contributed by atoms with Gasteiger partial charge < -0.3 is 15.2 Å². The summed E-state index contributed by atoms with van der Waals surface area (Å²) in [5, 5.41) is 23.1. The first-order chi connectivity index (χ1) is 15.8. The van der Waals surface area contributed by atoms with Crippen molar-refractivity contribution in [3.05, 3.63) is 87.3 Å². The van der Waals surface area contributed by atoms with E-state index in [1.165, 1.54) is 36.0 Å². The van der Waals surface area contributed by atoms with Crippen molar-refractivity contribution in [3.63, 3.8) is 0 Å². The van der Waals surface area contributed by atoms with Crippen molar-refractivity contribution in [1.82, 2.24) is 10.2 Å². The molecule has 0 saturated carbocycles. The van der Waals surface area contributed by atoms with E-state index >= 15 is 0 Å². The fraction of sp³-hybridized carbons (Fsp3) is 0.227. The third kappa shape index (κ3) is 4.67. The van der Waals surface area contributed by atoms with Crippen LogP contribution in [0.25, 0.3) is 0 Å². The van der Waals surface area contributed by atoms with Gasteiger partial charge in [-0.05, 0) is 23.3 Å². The summed E-state index contributed by atoms with van der Waals surface area (Å²) in [7, 11) is 0. The first-order valence-electron chi connectivity index (χ1n) is 9.95. The lowest BCUT2D eigenvalue weighted by molar-refractivity contribution is -0.384. The summed E-state index contributed by atoms with van der Waals surface area (Å²) in [6.45, 7) is -0.190. The summed E-state index contributed by atoms with van der Waals surface area (Å²) < 4.78 is 5.22. The molecule has 0 radical (unpaired) electrons. The van der Waals surface area contributed by atoms with Gasteiger partial charge in [0.25, 0.3) is 11.6 Å². The average Bonchev–Trinajstić information content (AvgIpc) is 2.81. The molecule has 2 aromatic carbocycles. The van der Waals surface area contributed by atoms with E-state index in [-0.39, 0.29) is 41.8 Å². The van der Waals surface area contributed by atoms with Crippen LogP contribution in [0, 0.1) is 10.1 Å². The predicted molar refractivity (Wildman–Crippen MR) is 118 cm³/mol. The van der Waals surface area contributed by atoms with Gasteiger partial charge in [0, 0.05) is 12.1 Å². The highest BCUT2D eigenvalue weighted by atomic mass is 32.2. The van der Waals surface area contributed by atoms with E-state index in [4.69, 9.17) is 4.74 Å². The molecule has 11 heteroatoms. The normalized spacial score (nSPS) is 19.4. The van der Waals surface area contributed by atoms with Crippen molar-refractivity contribution >= 4 is 35.2 Å². The van der Waals surface area contributed by atoms with Crippen LogP contribution in [-0.2, 0) is 32.1 Å². The summed E-state index contributed by atoms with van der Waals surface area (Å²) in [6.07, 6.45) is 0.118. The van der Waals surface area contributed by atoms with Crippen molar-refractivity contribution in [2.45, 2.75) is 24.4 Å². The van der Waals surface area contributed by atoms with Crippen LogP contribution < -0.4 is 5.32 Å². The number of amides is 2. The zero-order valence-electron chi connectivity index (χ0n) is 17.2. The number of fused-ring (bicyclic) bond motifs is 1. The monoisotopic (exact) mass is 469 g/mol. The number of benzene rings is 2. The largest absolute Gasteiger partial charge is 0.509 e. The zero-order valence-corrected chi connectivity index (χ0v) is 18.0. The molecule has 1 saturated heterocycles. The first kappa shape index (κ1) is 22.3. The lowest BCUT2D eigenvalue weighted by atomic mass is 10.0. The Morgan fingerprint density at radius 1 is 1.15 bits per heavy atom. The zero-order chi connectivity index (χ0) is 23.5. The van der Waals surface area contributed by atoms with Crippen LogP contribution >= 0.6 is 11.8 Å². The molecule has 33 heavy (non-hydrogen) atoms. The number of carbonyl (C=O) groups is 3. The van der Waals surface area contributed by atoms with Crippen molar-refractivity contribution < 1.29 is 29.2 Å². The number of rotatable bonds is 7. The van der Waals surface area contributed by atoms with E-state index in [0.717, 1.165) is 10.5 Å². The molecule has 4 rings (SSSR count). The summed E-state index contributed by atoms with van der Waals surface area (Å²) in [6, 6.07) is 13.8. The fourth-order valence-electron chi connectivity index (χ4n) is 3.53. The van der Waals surface area contributed by atoms with Crippen molar-refractivity contribution in [2.75, 3.05) is 5.75 Å². The lowest BCUT2D eigenvalue weighted by Crippen LogP contribution is -2.70. The Labute approximate surface area is 192 Å². The number of nitrogens with one attached hydrogen (secondary N) is 1. The number of nitro benzene ring substituents is 1. The van der Waals surface area contributed by atoms with Gasteiger partial charge in [0.1, 0.15) is 23.8 Å². The highest BCUT2D eigenvalue weighted by Crippen LogP contribution is 2.40. The van der Waals surface area contributed by atoms with E-state index in [0.29, 0.717) is 5.56 Å². The molecule has 2 atom stereocenters. The molecule has 2 N–H and O–H groups in total. The molecule has 2 aromatic rings. The highest BCUT2D eigenvalue weighted by molar-refractivity contribution is 8.00. The van der Waals surface area contributed by atoms with E-state index in [1.54, 1.807) is 0 Å². The van der Waals surface area contributed by atoms with Crippen molar-refractivity contribution in [2.24, 2.45) is 0 Å². The van der Waals surface area contributed by atoms with E-state index < -0.39 is 28.2 Å². The smallest absolute Gasteiger partial charge is 0.358 e. The van der Waals surface area contributed by atoms with Gasteiger partial charge in [-0.25, -0.2) is 4.79 Å². The van der Waals surface area contributed by atoms with Crippen molar-refractivity contribution in [1.29, 1.82) is 0 Å². The summed E-state index contributed by atoms with van der Waals surface area (Å²) in [5.74, 6) is -1.92. The number of thioether (sulfide) groups is 1. The number of nitro groups is 1. The van der Waals surface area contributed by atoms with Crippen LogP contribution in [0.5, 0.6) is 0 Å². The maximum atomic E-state index is 12.7. The Kier molecular flexibility index (Phi) is 6.31. The number of aliphatic hydroxyl groups excluding tert-OH is 1. The van der Waals surface area contributed by atoms with Crippen LogP contribution in [0.3, 0.4) is 0 Å². The van der Waals surface area contributed by atoms with Crippen LogP contribution in [0.1, 0.15) is 11.1 Å². The minimum absolute atomic E-state index is 0.0848. The first-order valence-corrected chi connectivity index (χ1v) is 11.0. The number of aliphatic hydroxyl groups is 1. The second-order valence-corrected chi connectivity index (χ2v) is 8.52. The highest BCUT2D eigenvalue weighted by Gasteiger charge is 2.54. The second-order valence-electron chi connectivity index (χ2n) is 7.41. The van der Waals surface area contributed by atoms with Crippen molar-refractivity contribution in [3.8, 4) is 0 Å².